The minimum Gasteiger partial charge on any atom is -0.477 e. The smallest absolute Gasteiger partial charge is 0.341 e. The van der Waals surface area contributed by atoms with E-state index in [1.165, 1.54) is 6.07 Å². The molecule has 0 amide bonds. The van der Waals surface area contributed by atoms with Crippen LogP contribution in [0.15, 0.2) is 12.3 Å². The van der Waals surface area contributed by atoms with E-state index >= 15 is 0 Å². The van der Waals surface area contributed by atoms with E-state index in [0.717, 1.165) is 12.3 Å². The number of nitrogens with zero attached hydrogens (tertiary/aromatic N) is 2. The van der Waals surface area contributed by atoms with Crippen LogP contribution in [-0.4, -0.2) is 16.1 Å². The molecule has 0 aromatic carbocycles. The first-order valence-electron chi connectivity index (χ1n) is 2.94. The summed E-state index contributed by atoms with van der Waals surface area (Å²) in [5.41, 5.74) is -1.09. The summed E-state index contributed by atoms with van der Waals surface area (Å²) in [7, 11) is 0. The maximum atomic E-state index is 12.7. The topological polar surface area (TPSA) is 74.0 Å². The maximum absolute atomic E-state index is 12.7. The molecule has 1 aromatic heterocycles. The molecule has 0 radical (unpaired) electrons. The van der Waals surface area contributed by atoms with E-state index in [-0.39, 0.29) is 0 Å². The number of hydrogen-bond donors (Lipinski definition) is 1. The van der Waals surface area contributed by atoms with Crippen LogP contribution in [0.2, 0.25) is 0 Å². The fourth-order valence-corrected chi connectivity index (χ4v) is 0.726. The normalized spacial score (nSPS) is 9.00. The highest BCUT2D eigenvalue weighted by Gasteiger charge is 2.15. The van der Waals surface area contributed by atoms with E-state index < -0.39 is 23.0 Å². The second kappa shape index (κ2) is 2.96. The molecule has 0 atom stereocenters. The Balaban J connectivity index is 3.42. The molecule has 0 unspecified atom stereocenters. The van der Waals surface area contributed by atoms with Crippen molar-refractivity contribution >= 4 is 5.97 Å². The third-order valence-corrected chi connectivity index (χ3v) is 1.22. The van der Waals surface area contributed by atoms with Crippen molar-refractivity contribution in [1.29, 1.82) is 5.26 Å². The van der Waals surface area contributed by atoms with E-state index in [1.807, 2.05) is 0 Å². The molecule has 1 heterocycles. The Bertz CT molecular complexity index is 370. The molecule has 0 aliphatic rings. The Kier molecular flexibility index (Phi) is 2.01. The molecule has 60 valence electrons. The summed E-state index contributed by atoms with van der Waals surface area (Å²) < 4.78 is 12.7. The molecule has 0 bridgehead atoms. The van der Waals surface area contributed by atoms with Crippen LogP contribution >= 0.6 is 0 Å². The fraction of sp³-hybridized carbons (Fsp3) is 0. The van der Waals surface area contributed by atoms with Gasteiger partial charge in [-0.15, -0.1) is 0 Å². The van der Waals surface area contributed by atoms with Gasteiger partial charge in [0.05, 0.1) is 0 Å². The van der Waals surface area contributed by atoms with Crippen molar-refractivity contribution < 1.29 is 14.3 Å². The molecule has 1 rings (SSSR count). The largest absolute Gasteiger partial charge is 0.477 e. The number of pyridine rings is 1. The first kappa shape index (κ1) is 8.14. The first-order chi connectivity index (χ1) is 5.66. The lowest BCUT2D eigenvalue weighted by Gasteiger charge is -1.96. The summed E-state index contributed by atoms with van der Waals surface area (Å²) in [6.07, 6.45) is 1.04. The van der Waals surface area contributed by atoms with Crippen molar-refractivity contribution in [3.8, 4) is 6.07 Å². The number of hydrogen-bond acceptors (Lipinski definition) is 3. The predicted molar refractivity (Wildman–Crippen MR) is 35.9 cm³/mol. The van der Waals surface area contributed by atoms with Gasteiger partial charge >= 0.3 is 5.97 Å². The van der Waals surface area contributed by atoms with Gasteiger partial charge < -0.3 is 5.11 Å². The quantitative estimate of drug-likeness (QED) is 0.669. The van der Waals surface area contributed by atoms with E-state index in [4.69, 9.17) is 10.4 Å². The van der Waals surface area contributed by atoms with Gasteiger partial charge in [-0.3, -0.25) is 0 Å². The lowest BCUT2D eigenvalue weighted by molar-refractivity contribution is 0.0691. The van der Waals surface area contributed by atoms with Gasteiger partial charge in [-0.05, 0) is 6.07 Å². The molecular formula is C7H3FN2O2. The predicted octanol–water partition coefficient (Wildman–Crippen LogP) is 0.791. The van der Waals surface area contributed by atoms with Gasteiger partial charge in [0.2, 0.25) is 0 Å². The van der Waals surface area contributed by atoms with Gasteiger partial charge in [-0.2, -0.15) is 5.26 Å². The second-order valence-electron chi connectivity index (χ2n) is 1.93. The van der Waals surface area contributed by atoms with Crippen LogP contribution in [0.5, 0.6) is 0 Å². The van der Waals surface area contributed by atoms with Crippen LogP contribution in [0, 0.1) is 17.1 Å². The van der Waals surface area contributed by atoms with Crippen molar-refractivity contribution in [3.63, 3.8) is 0 Å². The van der Waals surface area contributed by atoms with Crippen molar-refractivity contribution in [3.05, 3.63) is 29.3 Å². The Labute approximate surface area is 66.9 Å². The highest BCUT2D eigenvalue weighted by atomic mass is 19.1. The Morgan fingerprint density at radius 3 is 2.83 bits per heavy atom. The lowest BCUT2D eigenvalue weighted by atomic mass is 10.2. The number of halogens is 1. The summed E-state index contributed by atoms with van der Waals surface area (Å²) in [6.45, 7) is 0. The number of carboxylic acids is 1. The number of aromatic nitrogens is 1. The third-order valence-electron chi connectivity index (χ3n) is 1.22. The standard InChI is InChI=1S/C7H3FN2O2/c8-4-1-2-10-5(3-9)6(4)7(11)12/h1-2H,(H,11,12). The van der Waals surface area contributed by atoms with Crippen LogP contribution in [0.25, 0.3) is 0 Å². The zero-order chi connectivity index (χ0) is 9.14. The average molecular weight is 166 g/mol. The Hall–Kier alpha value is -1.96. The van der Waals surface area contributed by atoms with Crippen molar-refractivity contribution in [1.82, 2.24) is 4.98 Å². The second-order valence-corrected chi connectivity index (χ2v) is 1.93. The molecule has 0 aliphatic carbocycles. The summed E-state index contributed by atoms with van der Waals surface area (Å²) >= 11 is 0. The minimum absolute atomic E-state index is 0.414. The SMILES string of the molecule is N#Cc1nccc(F)c1C(=O)O. The molecule has 1 N–H and O–H groups in total. The Morgan fingerprint density at radius 1 is 1.75 bits per heavy atom. The zero-order valence-corrected chi connectivity index (χ0v) is 5.78. The number of aromatic carboxylic acids is 1. The third kappa shape index (κ3) is 1.22. The van der Waals surface area contributed by atoms with Crippen LogP contribution in [-0.2, 0) is 0 Å². The highest BCUT2D eigenvalue weighted by Crippen LogP contribution is 2.09. The molecule has 1 aromatic rings. The number of nitriles is 1. The van der Waals surface area contributed by atoms with E-state index in [0.29, 0.717) is 0 Å². The van der Waals surface area contributed by atoms with Gasteiger partial charge in [0.25, 0.3) is 0 Å². The zero-order valence-electron chi connectivity index (χ0n) is 5.78. The number of carbonyl (C=O) groups is 1. The van der Waals surface area contributed by atoms with E-state index in [2.05, 4.69) is 4.98 Å². The summed E-state index contributed by atoms with van der Waals surface area (Å²) in [5, 5.41) is 16.8. The lowest BCUT2D eigenvalue weighted by Crippen LogP contribution is -2.05. The average Bonchev–Trinajstić information content (AvgIpc) is 2.03. The van der Waals surface area contributed by atoms with Gasteiger partial charge in [0, 0.05) is 6.20 Å². The molecule has 0 aliphatic heterocycles. The van der Waals surface area contributed by atoms with Crippen molar-refractivity contribution in [2.24, 2.45) is 0 Å². The molecule has 5 heteroatoms. The van der Waals surface area contributed by atoms with Crippen molar-refractivity contribution in [2.75, 3.05) is 0 Å². The maximum Gasteiger partial charge on any atom is 0.341 e. The number of rotatable bonds is 1. The van der Waals surface area contributed by atoms with Crippen LogP contribution in [0.1, 0.15) is 16.1 Å². The van der Waals surface area contributed by atoms with Crippen LogP contribution in [0.3, 0.4) is 0 Å². The molecule has 4 nitrogen and oxygen atoms in total. The van der Waals surface area contributed by atoms with Gasteiger partial charge in [0.1, 0.15) is 17.4 Å². The molecular weight excluding hydrogens is 163 g/mol. The van der Waals surface area contributed by atoms with Crippen LogP contribution in [0.4, 0.5) is 4.39 Å². The summed E-state index contributed by atoms with van der Waals surface area (Å²) in [5.74, 6) is -2.44. The minimum atomic E-state index is -1.49. The molecule has 0 saturated carbocycles. The monoisotopic (exact) mass is 166 g/mol. The van der Waals surface area contributed by atoms with Crippen LogP contribution < -0.4 is 0 Å². The summed E-state index contributed by atoms with van der Waals surface area (Å²) in [6, 6.07) is 2.38. The van der Waals surface area contributed by atoms with Gasteiger partial charge in [-0.25, -0.2) is 14.2 Å². The molecule has 0 saturated heterocycles. The molecule has 12 heavy (non-hydrogen) atoms. The van der Waals surface area contributed by atoms with Crippen molar-refractivity contribution in [2.45, 2.75) is 0 Å². The molecule has 0 fully saturated rings. The molecule has 0 spiro atoms. The first-order valence-corrected chi connectivity index (χ1v) is 2.94. The Morgan fingerprint density at radius 2 is 2.42 bits per heavy atom. The van der Waals surface area contributed by atoms with Gasteiger partial charge in [0.15, 0.2) is 5.69 Å². The fourth-order valence-electron chi connectivity index (χ4n) is 0.726. The summed E-state index contributed by atoms with van der Waals surface area (Å²) in [4.78, 5) is 13.8. The highest BCUT2D eigenvalue weighted by molar-refractivity contribution is 5.90. The van der Waals surface area contributed by atoms with E-state index in [9.17, 15) is 9.18 Å². The van der Waals surface area contributed by atoms with E-state index in [1.54, 1.807) is 0 Å². The van der Waals surface area contributed by atoms with Gasteiger partial charge in [-0.1, -0.05) is 0 Å². The number of carboxylic acid groups (broad SMARTS) is 1.